The summed E-state index contributed by atoms with van der Waals surface area (Å²) < 4.78 is 7.92. The fourth-order valence-electron chi connectivity index (χ4n) is 2.86. The minimum atomic E-state index is -0.345. The van der Waals surface area contributed by atoms with Gasteiger partial charge in [-0.25, -0.2) is 4.79 Å². The molecule has 7 heteroatoms. The van der Waals surface area contributed by atoms with Gasteiger partial charge >= 0.3 is 5.69 Å². The van der Waals surface area contributed by atoms with E-state index in [0.717, 1.165) is 12.0 Å². The van der Waals surface area contributed by atoms with E-state index in [0.29, 0.717) is 30.2 Å². The van der Waals surface area contributed by atoms with Crippen molar-refractivity contribution < 1.29 is 9.53 Å². The van der Waals surface area contributed by atoms with Gasteiger partial charge in [0, 0.05) is 13.0 Å². The van der Waals surface area contributed by atoms with Crippen molar-refractivity contribution in [3.8, 4) is 11.4 Å². The molecule has 0 atom stereocenters. The lowest BCUT2D eigenvalue weighted by atomic mass is 10.1. The van der Waals surface area contributed by atoms with Crippen LogP contribution in [0.2, 0.25) is 0 Å². The van der Waals surface area contributed by atoms with Gasteiger partial charge in [-0.1, -0.05) is 37.3 Å². The van der Waals surface area contributed by atoms with Crippen LogP contribution in [-0.2, 0) is 17.8 Å². The first-order chi connectivity index (χ1) is 13.6. The molecular weight excluding hydrogens is 356 g/mol. The highest BCUT2D eigenvalue weighted by Crippen LogP contribution is 2.14. The van der Waals surface area contributed by atoms with Crippen LogP contribution in [-0.4, -0.2) is 33.9 Å². The number of hydrogen-bond acceptors (Lipinski definition) is 4. The van der Waals surface area contributed by atoms with Crippen molar-refractivity contribution in [1.82, 2.24) is 19.7 Å². The molecule has 146 valence electrons. The Balaban J connectivity index is 1.97. The summed E-state index contributed by atoms with van der Waals surface area (Å²) in [6.07, 6.45) is 1.29. The molecule has 3 aromatic rings. The number of nitrogens with one attached hydrogen (secondary N) is 1. The van der Waals surface area contributed by atoms with Gasteiger partial charge in [-0.15, -0.1) is 5.10 Å². The zero-order valence-electron chi connectivity index (χ0n) is 16.1. The summed E-state index contributed by atoms with van der Waals surface area (Å²) in [5.41, 5.74) is 1.29. The molecule has 0 spiro atoms. The fraction of sp³-hybridized carbons (Fsp3) is 0.286. The van der Waals surface area contributed by atoms with Gasteiger partial charge in [0.05, 0.1) is 12.8 Å². The number of aromatic nitrogens is 3. The Kier molecular flexibility index (Phi) is 6.26. The highest BCUT2D eigenvalue weighted by molar-refractivity contribution is 5.75. The van der Waals surface area contributed by atoms with Crippen molar-refractivity contribution in [2.24, 2.45) is 0 Å². The average molecular weight is 380 g/mol. The highest BCUT2D eigenvalue weighted by Gasteiger charge is 2.17. The number of hydrogen-bond donors (Lipinski definition) is 1. The number of amides is 1. The minimum Gasteiger partial charge on any atom is -0.497 e. The molecule has 1 amide bonds. The fourth-order valence-corrected chi connectivity index (χ4v) is 2.86. The molecule has 7 nitrogen and oxygen atoms in total. The van der Waals surface area contributed by atoms with Gasteiger partial charge < -0.3 is 10.1 Å². The van der Waals surface area contributed by atoms with Crippen LogP contribution in [0, 0.1) is 0 Å². The van der Waals surface area contributed by atoms with Crippen LogP contribution in [0.3, 0.4) is 0 Å². The third-order valence-electron chi connectivity index (χ3n) is 4.34. The summed E-state index contributed by atoms with van der Waals surface area (Å²) in [4.78, 5) is 25.2. The quantitative estimate of drug-likeness (QED) is 0.650. The normalized spacial score (nSPS) is 10.6. The van der Waals surface area contributed by atoms with Gasteiger partial charge in [0.25, 0.3) is 0 Å². The van der Waals surface area contributed by atoms with Crippen molar-refractivity contribution in [2.75, 3.05) is 13.7 Å². The molecule has 0 aliphatic heterocycles. The van der Waals surface area contributed by atoms with Gasteiger partial charge in [-0.2, -0.15) is 4.68 Å². The monoisotopic (exact) mass is 380 g/mol. The van der Waals surface area contributed by atoms with E-state index in [1.807, 2.05) is 37.3 Å². The molecule has 0 fully saturated rings. The van der Waals surface area contributed by atoms with Crippen LogP contribution in [0.1, 0.15) is 24.7 Å². The van der Waals surface area contributed by atoms with Crippen molar-refractivity contribution in [3.05, 3.63) is 76.5 Å². The Morgan fingerprint density at radius 1 is 1.11 bits per heavy atom. The van der Waals surface area contributed by atoms with Crippen LogP contribution in [0.4, 0.5) is 0 Å². The lowest BCUT2D eigenvalue weighted by Gasteiger charge is -2.06. The van der Waals surface area contributed by atoms with Crippen molar-refractivity contribution in [1.29, 1.82) is 0 Å². The summed E-state index contributed by atoms with van der Waals surface area (Å²) in [6.45, 7) is 2.50. The second-order valence-corrected chi connectivity index (χ2v) is 6.41. The third kappa shape index (κ3) is 4.49. The highest BCUT2D eigenvalue weighted by atomic mass is 16.5. The van der Waals surface area contributed by atoms with Gasteiger partial charge in [-0.3, -0.25) is 9.36 Å². The molecular formula is C21H24N4O3. The molecule has 0 unspecified atom stereocenters. The van der Waals surface area contributed by atoms with Gasteiger partial charge in [-0.05, 0) is 36.2 Å². The largest absolute Gasteiger partial charge is 0.497 e. The molecule has 0 aliphatic carbocycles. The van der Waals surface area contributed by atoms with E-state index in [9.17, 15) is 9.59 Å². The first kappa shape index (κ1) is 19.4. The second-order valence-electron chi connectivity index (χ2n) is 6.41. The number of nitrogens with zero attached hydrogens (tertiary/aromatic N) is 3. The second kappa shape index (κ2) is 9.03. The number of carbonyl (C=O) groups excluding carboxylic acids is 1. The summed E-state index contributed by atoms with van der Waals surface area (Å²) in [7, 11) is 1.59. The number of benzene rings is 2. The predicted molar refractivity (Wildman–Crippen MR) is 107 cm³/mol. The van der Waals surface area contributed by atoms with Crippen LogP contribution in [0.15, 0.2) is 59.4 Å². The Morgan fingerprint density at radius 3 is 2.46 bits per heavy atom. The molecule has 1 aromatic heterocycles. The Morgan fingerprint density at radius 2 is 1.82 bits per heavy atom. The molecule has 0 saturated heterocycles. The predicted octanol–water partition coefficient (Wildman–Crippen LogP) is 2.16. The maximum Gasteiger partial charge on any atom is 0.351 e. The zero-order valence-corrected chi connectivity index (χ0v) is 16.1. The molecule has 0 aliphatic rings. The maximum absolute atomic E-state index is 13.0. The van der Waals surface area contributed by atoms with E-state index in [1.165, 1.54) is 9.25 Å². The van der Waals surface area contributed by atoms with Crippen molar-refractivity contribution in [2.45, 2.75) is 26.3 Å². The molecule has 28 heavy (non-hydrogen) atoms. The van der Waals surface area contributed by atoms with E-state index < -0.39 is 0 Å². The average Bonchev–Trinajstić information content (AvgIpc) is 3.02. The van der Waals surface area contributed by atoms with Crippen molar-refractivity contribution >= 4 is 5.91 Å². The first-order valence-electron chi connectivity index (χ1n) is 9.26. The molecule has 2 aromatic carbocycles. The van der Waals surface area contributed by atoms with E-state index in [2.05, 4.69) is 10.4 Å². The van der Waals surface area contributed by atoms with Crippen LogP contribution in [0.5, 0.6) is 5.75 Å². The molecule has 0 radical (unpaired) electrons. The summed E-state index contributed by atoms with van der Waals surface area (Å²) in [5, 5.41) is 7.32. The third-order valence-corrected chi connectivity index (χ3v) is 4.34. The topological polar surface area (TPSA) is 78.2 Å². The number of rotatable bonds is 8. The summed E-state index contributed by atoms with van der Waals surface area (Å²) in [6, 6.07) is 16.8. The van der Waals surface area contributed by atoms with Crippen LogP contribution in [0.25, 0.3) is 5.69 Å². The van der Waals surface area contributed by atoms with Gasteiger partial charge in [0.1, 0.15) is 18.1 Å². The van der Waals surface area contributed by atoms with E-state index in [1.54, 1.807) is 31.4 Å². The van der Waals surface area contributed by atoms with Crippen LogP contribution < -0.4 is 15.7 Å². The van der Waals surface area contributed by atoms with Crippen LogP contribution >= 0.6 is 0 Å². The smallest absolute Gasteiger partial charge is 0.351 e. The Labute approximate surface area is 163 Å². The van der Waals surface area contributed by atoms with Gasteiger partial charge in [0.2, 0.25) is 5.91 Å². The molecule has 3 rings (SSSR count). The lowest BCUT2D eigenvalue weighted by molar-refractivity contribution is -0.121. The SMILES string of the molecule is CCCNC(=O)Cn1c(Cc2ccccc2)nn(-c2ccc(OC)cc2)c1=O. The molecule has 0 bridgehead atoms. The molecule has 0 saturated carbocycles. The Bertz CT molecular complexity index is 975. The van der Waals surface area contributed by atoms with Gasteiger partial charge in [0.15, 0.2) is 0 Å². The van der Waals surface area contributed by atoms with E-state index in [4.69, 9.17) is 4.74 Å². The number of methoxy groups -OCH3 is 1. The number of ether oxygens (including phenoxy) is 1. The standard InChI is InChI=1S/C21H24N4O3/c1-3-13-22-20(26)15-24-19(14-16-7-5-4-6-8-16)23-25(21(24)27)17-9-11-18(28-2)12-10-17/h4-12H,3,13-15H2,1-2H3,(H,22,26). The molecule has 1 heterocycles. The lowest BCUT2D eigenvalue weighted by Crippen LogP contribution is -2.34. The number of carbonyl (C=O) groups is 1. The zero-order chi connectivity index (χ0) is 19.9. The van der Waals surface area contributed by atoms with E-state index >= 15 is 0 Å². The minimum absolute atomic E-state index is 0.0584. The maximum atomic E-state index is 13.0. The molecule has 1 N–H and O–H groups in total. The summed E-state index contributed by atoms with van der Waals surface area (Å²) >= 11 is 0. The Hall–Kier alpha value is -3.35. The first-order valence-corrected chi connectivity index (χ1v) is 9.26. The van der Waals surface area contributed by atoms with E-state index in [-0.39, 0.29) is 18.1 Å². The summed E-state index contributed by atoms with van der Waals surface area (Å²) in [5.74, 6) is 1.03. The van der Waals surface area contributed by atoms with Crippen molar-refractivity contribution in [3.63, 3.8) is 0 Å².